The summed E-state index contributed by atoms with van der Waals surface area (Å²) in [5.74, 6) is 0.925. The molecule has 1 fully saturated rings. The summed E-state index contributed by atoms with van der Waals surface area (Å²) >= 11 is 0. The Balaban J connectivity index is 1.25. The second kappa shape index (κ2) is 8.77. The maximum atomic E-state index is 12.9. The maximum absolute atomic E-state index is 12.9. The lowest BCUT2D eigenvalue weighted by atomic mass is 10.0. The molecule has 1 N–H and O–H groups in total. The Bertz CT molecular complexity index is 1310. The van der Waals surface area contributed by atoms with Gasteiger partial charge < -0.3 is 10.2 Å². The molecule has 0 saturated carbocycles. The number of benzene rings is 2. The van der Waals surface area contributed by atoms with Gasteiger partial charge >= 0.3 is 6.18 Å². The van der Waals surface area contributed by atoms with Crippen molar-refractivity contribution in [3.8, 4) is 11.4 Å². The van der Waals surface area contributed by atoms with E-state index in [2.05, 4.69) is 20.4 Å². The lowest BCUT2D eigenvalue weighted by molar-refractivity contribution is -0.137. The fraction of sp³-hybridized carbons (Fsp3) is 0.250. The zero-order valence-corrected chi connectivity index (χ0v) is 18.0. The number of hydrogen-bond donors (Lipinski definition) is 1. The van der Waals surface area contributed by atoms with Gasteiger partial charge in [-0.15, -0.1) is 15.3 Å². The van der Waals surface area contributed by atoms with Crippen molar-refractivity contribution >= 4 is 17.4 Å². The summed E-state index contributed by atoms with van der Waals surface area (Å²) in [4.78, 5) is 14.6. The second-order valence-electron chi connectivity index (χ2n) is 8.16. The van der Waals surface area contributed by atoms with E-state index in [1.54, 1.807) is 4.52 Å². The number of hydrogen-bond acceptors (Lipinski definition) is 5. The fourth-order valence-corrected chi connectivity index (χ4v) is 4.07. The minimum absolute atomic E-state index is 0.00502. The molecule has 0 spiro atoms. The summed E-state index contributed by atoms with van der Waals surface area (Å²) in [5, 5.41) is 16.0. The Kier molecular flexibility index (Phi) is 5.64. The number of alkyl halides is 3. The van der Waals surface area contributed by atoms with Crippen molar-refractivity contribution in [2.45, 2.75) is 25.1 Å². The van der Waals surface area contributed by atoms with Crippen LogP contribution in [0.3, 0.4) is 0 Å². The molecular weight excluding hydrogens is 445 g/mol. The van der Waals surface area contributed by atoms with Crippen LogP contribution in [0.2, 0.25) is 0 Å². The first kappa shape index (κ1) is 21.9. The van der Waals surface area contributed by atoms with Crippen LogP contribution in [-0.4, -0.2) is 44.8 Å². The predicted molar refractivity (Wildman–Crippen MR) is 120 cm³/mol. The molecule has 1 amide bonds. The van der Waals surface area contributed by atoms with Gasteiger partial charge in [0.15, 0.2) is 11.5 Å². The third-order valence-corrected chi connectivity index (χ3v) is 5.89. The van der Waals surface area contributed by atoms with Gasteiger partial charge in [-0.2, -0.15) is 17.7 Å². The lowest BCUT2D eigenvalue weighted by Gasteiger charge is -2.33. The molecule has 3 heterocycles. The summed E-state index contributed by atoms with van der Waals surface area (Å²) in [6.45, 7) is 1.30. The van der Waals surface area contributed by atoms with Crippen LogP contribution in [-0.2, 0) is 6.18 Å². The van der Waals surface area contributed by atoms with Crippen molar-refractivity contribution < 1.29 is 18.0 Å². The van der Waals surface area contributed by atoms with Crippen LogP contribution in [0.25, 0.3) is 17.0 Å². The lowest BCUT2D eigenvalue weighted by Crippen LogP contribution is -2.45. The molecule has 1 aliphatic heterocycles. The minimum atomic E-state index is -4.49. The average molecular weight is 466 g/mol. The molecule has 2 aromatic heterocycles. The molecule has 174 valence electrons. The van der Waals surface area contributed by atoms with E-state index < -0.39 is 17.6 Å². The molecule has 34 heavy (non-hydrogen) atoms. The van der Waals surface area contributed by atoms with Crippen LogP contribution in [0, 0.1) is 0 Å². The van der Waals surface area contributed by atoms with Gasteiger partial charge in [-0.1, -0.05) is 36.4 Å². The molecule has 0 unspecified atom stereocenters. The Hall–Kier alpha value is -3.95. The van der Waals surface area contributed by atoms with Gasteiger partial charge in [0.05, 0.1) is 5.56 Å². The van der Waals surface area contributed by atoms with Gasteiger partial charge in [-0.25, -0.2) is 0 Å². The summed E-state index contributed by atoms with van der Waals surface area (Å²) in [6.07, 6.45) is -3.18. The molecule has 7 nitrogen and oxygen atoms in total. The van der Waals surface area contributed by atoms with Gasteiger partial charge in [-0.3, -0.25) is 4.79 Å². The van der Waals surface area contributed by atoms with E-state index in [9.17, 15) is 18.0 Å². The van der Waals surface area contributed by atoms with Gasteiger partial charge in [0.2, 0.25) is 0 Å². The molecule has 0 bridgehead atoms. The third kappa shape index (κ3) is 4.43. The van der Waals surface area contributed by atoms with Crippen LogP contribution in [0.1, 0.15) is 28.8 Å². The monoisotopic (exact) mass is 466 g/mol. The molecule has 0 aliphatic carbocycles. The summed E-state index contributed by atoms with van der Waals surface area (Å²) in [6, 6.07) is 17.8. The number of nitrogens with one attached hydrogen (secondary N) is 1. The van der Waals surface area contributed by atoms with E-state index in [1.165, 1.54) is 12.1 Å². The molecule has 10 heteroatoms. The summed E-state index contributed by atoms with van der Waals surface area (Å²) < 4.78 is 40.5. The molecule has 5 rings (SSSR count). The molecule has 1 aliphatic rings. The van der Waals surface area contributed by atoms with Crippen molar-refractivity contribution in [1.82, 2.24) is 25.1 Å². The van der Waals surface area contributed by atoms with Crippen LogP contribution in [0.15, 0.2) is 66.7 Å². The summed E-state index contributed by atoms with van der Waals surface area (Å²) in [5.41, 5.74) is 0.729. The first-order chi connectivity index (χ1) is 16.4. The topological polar surface area (TPSA) is 75.4 Å². The van der Waals surface area contributed by atoms with Gasteiger partial charge in [0.25, 0.3) is 5.91 Å². The number of fused-ring (bicyclic) bond motifs is 1. The Morgan fingerprint density at radius 1 is 0.941 bits per heavy atom. The average Bonchev–Trinajstić information content (AvgIpc) is 3.28. The van der Waals surface area contributed by atoms with Crippen molar-refractivity contribution in [3.63, 3.8) is 0 Å². The van der Waals surface area contributed by atoms with Crippen molar-refractivity contribution in [2.75, 3.05) is 18.0 Å². The normalized spacial score (nSPS) is 15.0. The fourth-order valence-electron chi connectivity index (χ4n) is 4.07. The maximum Gasteiger partial charge on any atom is 0.416 e. The molecule has 4 aromatic rings. The van der Waals surface area contributed by atoms with Gasteiger partial charge in [0.1, 0.15) is 5.82 Å². The highest BCUT2D eigenvalue weighted by Crippen LogP contribution is 2.29. The number of carbonyl (C=O) groups is 1. The number of nitrogens with zero attached hydrogens (tertiary/aromatic N) is 5. The van der Waals surface area contributed by atoms with Crippen molar-refractivity contribution in [1.29, 1.82) is 0 Å². The number of carbonyl (C=O) groups excluding carboxylic acids is 1. The van der Waals surface area contributed by atoms with E-state index in [4.69, 9.17) is 5.10 Å². The Morgan fingerprint density at radius 3 is 2.44 bits per heavy atom. The first-order valence-corrected chi connectivity index (χ1v) is 10.9. The zero-order valence-electron chi connectivity index (χ0n) is 18.0. The number of rotatable bonds is 4. The number of aromatic nitrogens is 4. The highest BCUT2D eigenvalue weighted by atomic mass is 19.4. The highest BCUT2D eigenvalue weighted by Gasteiger charge is 2.31. The number of anilines is 1. The van der Waals surface area contributed by atoms with E-state index >= 15 is 0 Å². The van der Waals surface area contributed by atoms with Gasteiger partial charge in [0, 0.05) is 30.3 Å². The third-order valence-electron chi connectivity index (χ3n) is 5.89. The SMILES string of the molecule is O=C(NC1CCN(c2ccc3nnc(-c4ccccc4)n3n2)CC1)c1cccc(C(F)(F)F)c1. The molecule has 0 radical (unpaired) electrons. The van der Waals surface area contributed by atoms with E-state index in [0.29, 0.717) is 37.4 Å². The number of amides is 1. The van der Waals surface area contributed by atoms with Gasteiger partial charge in [-0.05, 0) is 43.2 Å². The molecule has 2 aromatic carbocycles. The molecular formula is C24H21F3N6O. The number of halogens is 3. The molecule has 0 atom stereocenters. The van der Waals surface area contributed by atoms with E-state index in [-0.39, 0.29) is 11.6 Å². The van der Waals surface area contributed by atoms with E-state index in [1.807, 2.05) is 42.5 Å². The van der Waals surface area contributed by atoms with Crippen LogP contribution >= 0.6 is 0 Å². The quantitative estimate of drug-likeness (QED) is 0.488. The highest BCUT2D eigenvalue weighted by molar-refractivity contribution is 5.94. The number of piperidine rings is 1. The second-order valence-corrected chi connectivity index (χ2v) is 8.16. The molecule has 1 saturated heterocycles. The Morgan fingerprint density at radius 2 is 1.71 bits per heavy atom. The van der Waals surface area contributed by atoms with E-state index in [0.717, 1.165) is 23.5 Å². The van der Waals surface area contributed by atoms with Crippen LogP contribution in [0.4, 0.5) is 19.0 Å². The largest absolute Gasteiger partial charge is 0.416 e. The smallest absolute Gasteiger partial charge is 0.355 e. The standard InChI is InChI=1S/C24H21F3N6O/c25-24(26,27)18-8-4-7-17(15-18)23(34)28-19-11-13-32(14-12-19)21-10-9-20-29-30-22(33(20)31-21)16-5-2-1-3-6-16/h1-10,15,19H,11-14H2,(H,28,34). The van der Waals surface area contributed by atoms with Crippen molar-refractivity contribution in [3.05, 3.63) is 77.9 Å². The van der Waals surface area contributed by atoms with Crippen LogP contribution < -0.4 is 10.2 Å². The minimum Gasteiger partial charge on any atom is -0.355 e. The predicted octanol–water partition coefficient (Wildman–Crippen LogP) is 4.21. The van der Waals surface area contributed by atoms with Crippen molar-refractivity contribution in [2.24, 2.45) is 0 Å². The van der Waals surface area contributed by atoms with Crippen LogP contribution in [0.5, 0.6) is 0 Å². The zero-order chi connectivity index (χ0) is 23.7. The Labute approximate surface area is 193 Å². The summed E-state index contributed by atoms with van der Waals surface area (Å²) in [7, 11) is 0. The first-order valence-electron chi connectivity index (χ1n) is 10.9.